The van der Waals surface area contributed by atoms with Crippen molar-refractivity contribution in [2.75, 3.05) is 17.2 Å². The van der Waals surface area contributed by atoms with E-state index in [0.717, 1.165) is 0 Å². The summed E-state index contributed by atoms with van der Waals surface area (Å²) in [5.41, 5.74) is -0.0311. The Morgan fingerprint density at radius 1 is 1.05 bits per heavy atom. The molecule has 0 aliphatic carbocycles. The van der Waals surface area contributed by atoms with Gasteiger partial charge in [-0.25, -0.2) is 0 Å². The predicted molar refractivity (Wildman–Crippen MR) is 86.4 cm³/mol. The molecule has 0 unspecified atom stereocenters. The Morgan fingerprint density at radius 2 is 1.55 bits per heavy atom. The van der Waals surface area contributed by atoms with Crippen LogP contribution in [0.1, 0.15) is 20.8 Å². The molecule has 0 fully saturated rings. The van der Waals surface area contributed by atoms with Gasteiger partial charge in [0.1, 0.15) is 5.41 Å². The normalized spacial score (nSPS) is 10.5. The van der Waals surface area contributed by atoms with E-state index in [4.69, 9.17) is 0 Å². The molecule has 1 rings (SSSR count). The first kappa shape index (κ1) is 17.4. The van der Waals surface area contributed by atoms with Crippen molar-refractivity contribution in [1.82, 2.24) is 5.32 Å². The van der Waals surface area contributed by atoms with Gasteiger partial charge in [0.15, 0.2) is 0 Å². The summed E-state index contributed by atoms with van der Waals surface area (Å²) in [6.07, 6.45) is 1.55. The smallest absolute Gasteiger partial charge is 0.239 e. The lowest BCUT2D eigenvalue weighted by atomic mass is 9.91. The highest BCUT2D eigenvalue weighted by molar-refractivity contribution is 6.09. The van der Waals surface area contributed by atoms with Crippen molar-refractivity contribution in [3.05, 3.63) is 36.9 Å². The minimum absolute atomic E-state index is 0.170. The summed E-state index contributed by atoms with van der Waals surface area (Å²) in [6, 6.07) is 6.64. The fourth-order valence-corrected chi connectivity index (χ4v) is 1.62. The first-order valence-electron chi connectivity index (χ1n) is 6.85. The number of nitrogens with one attached hydrogen (secondary N) is 3. The highest BCUT2D eigenvalue weighted by atomic mass is 16.2. The van der Waals surface area contributed by atoms with Crippen LogP contribution in [0.15, 0.2) is 36.9 Å². The van der Waals surface area contributed by atoms with E-state index in [1.807, 2.05) is 0 Å². The van der Waals surface area contributed by atoms with Gasteiger partial charge in [0.25, 0.3) is 0 Å². The van der Waals surface area contributed by atoms with E-state index in [1.165, 1.54) is 6.92 Å². The Bertz CT molecular complexity index is 577. The third-order valence-corrected chi connectivity index (χ3v) is 3.01. The van der Waals surface area contributed by atoms with Gasteiger partial charge in [-0.2, -0.15) is 0 Å². The molecule has 0 aromatic heterocycles. The standard InChI is InChI=1S/C16H21N3O3/c1-5-10-17-14(21)16(3,4)15(22)19-13-8-6-12(7-9-13)18-11(2)20/h5-9H,1,10H2,2-4H3,(H,17,21)(H,18,20)(H,19,22). The average Bonchev–Trinajstić information content (AvgIpc) is 2.46. The molecule has 3 N–H and O–H groups in total. The second-order valence-corrected chi connectivity index (χ2v) is 5.34. The van der Waals surface area contributed by atoms with Crippen LogP contribution in [-0.4, -0.2) is 24.3 Å². The lowest BCUT2D eigenvalue weighted by Crippen LogP contribution is -2.45. The summed E-state index contributed by atoms with van der Waals surface area (Å²) in [5, 5.41) is 7.92. The maximum absolute atomic E-state index is 12.2. The van der Waals surface area contributed by atoms with Gasteiger partial charge >= 0.3 is 0 Å². The number of amides is 3. The summed E-state index contributed by atoms with van der Waals surface area (Å²) in [7, 11) is 0. The fourth-order valence-electron chi connectivity index (χ4n) is 1.62. The number of carbonyl (C=O) groups is 3. The molecule has 0 atom stereocenters. The summed E-state index contributed by atoms with van der Waals surface area (Å²) in [4.78, 5) is 35.1. The number of rotatable bonds is 6. The quantitative estimate of drug-likeness (QED) is 0.554. The Kier molecular flexibility index (Phi) is 5.86. The van der Waals surface area contributed by atoms with Crippen molar-refractivity contribution < 1.29 is 14.4 Å². The molecule has 0 aliphatic heterocycles. The Labute approximate surface area is 130 Å². The zero-order valence-corrected chi connectivity index (χ0v) is 13.0. The van der Waals surface area contributed by atoms with E-state index < -0.39 is 11.3 Å². The van der Waals surface area contributed by atoms with Gasteiger partial charge < -0.3 is 16.0 Å². The zero-order chi connectivity index (χ0) is 16.8. The van der Waals surface area contributed by atoms with Crippen LogP contribution < -0.4 is 16.0 Å². The van der Waals surface area contributed by atoms with Crippen molar-refractivity contribution in [2.45, 2.75) is 20.8 Å². The van der Waals surface area contributed by atoms with Crippen LogP contribution in [-0.2, 0) is 14.4 Å². The van der Waals surface area contributed by atoms with Crippen LogP contribution >= 0.6 is 0 Å². The molecule has 118 valence electrons. The van der Waals surface area contributed by atoms with E-state index in [9.17, 15) is 14.4 Å². The number of carbonyl (C=O) groups excluding carboxylic acids is 3. The van der Waals surface area contributed by atoms with Crippen molar-refractivity contribution in [3.8, 4) is 0 Å². The SMILES string of the molecule is C=CCNC(=O)C(C)(C)C(=O)Nc1ccc(NC(C)=O)cc1. The summed E-state index contributed by atoms with van der Waals surface area (Å²) in [5.74, 6) is -0.960. The van der Waals surface area contributed by atoms with Crippen molar-refractivity contribution in [1.29, 1.82) is 0 Å². The first-order valence-corrected chi connectivity index (χ1v) is 6.85. The van der Waals surface area contributed by atoms with Gasteiger partial charge in [0.05, 0.1) is 0 Å². The van der Waals surface area contributed by atoms with E-state index in [1.54, 1.807) is 44.2 Å². The van der Waals surface area contributed by atoms with Crippen molar-refractivity contribution in [2.24, 2.45) is 5.41 Å². The van der Waals surface area contributed by atoms with Gasteiger partial charge in [-0.15, -0.1) is 6.58 Å². The van der Waals surface area contributed by atoms with Crippen molar-refractivity contribution >= 4 is 29.1 Å². The number of benzene rings is 1. The largest absolute Gasteiger partial charge is 0.352 e. The first-order chi connectivity index (χ1) is 10.3. The number of hydrogen-bond acceptors (Lipinski definition) is 3. The van der Waals surface area contributed by atoms with E-state index in [0.29, 0.717) is 17.9 Å². The molecule has 6 nitrogen and oxygen atoms in total. The maximum atomic E-state index is 12.2. The minimum Gasteiger partial charge on any atom is -0.352 e. The molecule has 0 bridgehead atoms. The molecule has 22 heavy (non-hydrogen) atoms. The van der Waals surface area contributed by atoms with Crippen molar-refractivity contribution in [3.63, 3.8) is 0 Å². The molecule has 6 heteroatoms. The molecule has 0 heterocycles. The fraction of sp³-hybridized carbons (Fsp3) is 0.312. The Hall–Kier alpha value is -2.63. The summed E-state index contributed by atoms with van der Waals surface area (Å²) in [6.45, 7) is 8.33. The van der Waals surface area contributed by atoms with Gasteiger partial charge in [-0.05, 0) is 38.1 Å². The third kappa shape index (κ3) is 4.73. The van der Waals surface area contributed by atoms with Crippen LogP contribution in [0.2, 0.25) is 0 Å². The highest BCUT2D eigenvalue weighted by Gasteiger charge is 2.35. The molecule has 3 amide bonds. The molecular weight excluding hydrogens is 282 g/mol. The minimum atomic E-state index is -1.21. The molecule has 1 aromatic carbocycles. The van der Waals surface area contributed by atoms with Crippen LogP contribution in [0.5, 0.6) is 0 Å². The molecule has 0 saturated heterocycles. The monoisotopic (exact) mass is 303 g/mol. The average molecular weight is 303 g/mol. The summed E-state index contributed by atoms with van der Waals surface area (Å²) >= 11 is 0. The molecule has 0 saturated carbocycles. The van der Waals surface area contributed by atoms with Gasteiger partial charge in [-0.1, -0.05) is 6.08 Å². The number of anilines is 2. The van der Waals surface area contributed by atoms with Gasteiger partial charge in [-0.3, -0.25) is 14.4 Å². The lowest BCUT2D eigenvalue weighted by Gasteiger charge is -2.22. The lowest BCUT2D eigenvalue weighted by molar-refractivity contribution is -0.138. The Morgan fingerprint density at radius 3 is 2.00 bits per heavy atom. The van der Waals surface area contributed by atoms with E-state index >= 15 is 0 Å². The van der Waals surface area contributed by atoms with Crippen LogP contribution in [0.3, 0.4) is 0 Å². The topological polar surface area (TPSA) is 87.3 Å². The van der Waals surface area contributed by atoms with Gasteiger partial charge in [0.2, 0.25) is 17.7 Å². The molecule has 1 aromatic rings. The molecular formula is C16H21N3O3. The summed E-state index contributed by atoms with van der Waals surface area (Å²) < 4.78 is 0. The van der Waals surface area contributed by atoms with Gasteiger partial charge in [0, 0.05) is 24.8 Å². The predicted octanol–water partition coefficient (Wildman–Crippen LogP) is 1.91. The van der Waals surface area contributed by atoms with E-state index in [2.05, 4.69) is 22.5 Å². The molecule has 0 aliphatic rings. The second kappa shape index (κ2) is 7.40. The number of hydrogen-bond donors (Lipinski definition) is 3. The van der Waals surface area contributed by atoms with Crippen LogP contribution in [0, 0.1) is 5.41 Å². The second-order valence-electron chi connectivity index (χ2n) is 5.34. The molecule has 0 spiro atoms. The van der Waals surface area contributed by atoms with Crippen LogP contribution in [0.4, 0.5) is 11.4 Å². The molecule has 0 radical (unpaired) electrons. The highest BCUT2D eigenvalue weighted by Crippen LogP contribution is 2.20. The van der Waals surface area contributed by atoms with Crippen LogP contribution in [0.25, 0.3) is 0 Å². The van der Waals surface area contributed by atoms with E-state index in [-0.39, 0.29) is 11.8 Å². The Balaban J connectivity index is 2.72. The maximum Gasteiger partial charge on any atom is 0.239 e. The zero-order valence-electron chi connectivity index (χ0n) is 13.0. The third-order valence-electron chi connectivity index (χ3n) is 3.01.